The van der Waals surface area contributed by atoms with Gasteiger partial charge in [-0.2, -0.15) is 10.1 Å². The van der Waals surface area contributed by atoms with Crippen LogP contribution in [0.15, 0.2) is 15.9 Å². The SMILES string of the molecule is CNCc1c(S(=O)(=O)NCCc2ncno2)n[nH]c1C. The van der Waals surface area contributed by atoms with E-state index < -0.39 is 10.0 Å². The van der Waals surface area contributed by atoms with Crippen molar-refractivity contribution in [3.63, 3.8) is 0 Å². The monoisotopic (exact) mass is 300 g/mol. The summed E-state index contributed by atoms with van der Waals surface area (Å²) in [6, 6.07) is 0. The molecular weight excluding hydrogens is 284 g/mol. The molecule has 0 fully saturated rings. The highest BCUT2D eigenvalue weighted by Gasteiger charge is 2.23. The highest BCUT2D eigenvalue weighted by Crippen LogP contribution is 2.15. The first-order chi connectivity index (χ1) is 9.54. The molecule has 2 rings (SSSR count). The van der Waals surface area contributed by atoms with Crippen LogP contribution in [0.2, 0.25) is 0 Å². The van der Waals surface area contributed by atoms with Gasteiger partial charge in [0.05, 0.1) is 0 Å². The highest BCUT2D eigenvalue weighted by molar-refractivity contribution is 7.89. The van der Waals surface area contributed by atoms with Gasteiger partial charge in [-0.3, -0.25) is 5.10 Å². The van der Waals surface area contributed by atoms with Crippen LogP contribution in [0.25, 0.3) is 0 Å². The van der Waals surface area contributed by atoms with E-state index in [2.05, 4.69) is 30.4 Å². The number of rotatable bonds is 7. The predicted octanol–water partition coefficient (Wildman–Crippen LogP) is -0.658. The fourth-order valence-corrected chi connectivity index (χ4v) is 2.93. The molecule has 2 aromatic rings. The molecule has 0 saturated carbocycles. The van der Waals surface area contributed by atoms with E-state index in [9.17, 15) is 8.42 Å². The first kappa shape index (κ1) is 14.6. The molecule has 0 aliphatic heterocycles. The Morgan fingerprint density at radius 2 is 2.25 bits per heavy atom. The molecule has 3 N–H and O–H groups in total. The molecule has 0 amide bonds. The largest absolute Gasteiger partial charge is 0.340 e. The van der Waals surface area contributed by atoms with Crippen LogP contribution in [0.5, 0.6) is 0 Å². The van der Waals surface area contributed by atoms with E-state index in [1.165, 1.54) is 6.33 Å². The number of aryl methyl sites for hydroxylation is 1. The maximum Gasteiger partial charge on any atom is 0.260 e. The van der Waals surface area contributed by atoms with Gasteiger partial charge >= 0.3 is 0 Å². The standard InChI is InChI=1S/C10H16N6O3S/c1-7-8(5-11-2)10(16-15-7)20(17,18)14-4-3-9-12-6-13-19-9/h6,11,14H,3-5H2,1-2H3,(H,15,16). The van der Waals surface area contributed by atoms with Crippen molar-refractivity contribution in [2.45, 2.75) is 24.9 Å². The van der Waals surface area contributed by atoms with E-state index >= 15 is 0 Å². The lowest BCUT2D eigenvalue weighted by Gasteiger charge is -2.05. The molecule has 0 aliphatic carbocycles. The van der Waals surface area contributed by atoms with Gasteiger partial charge < -0.3 is 9.84 Å². The number of aromatic amines is 1. The Labute approximate surface area is 116 Å². The number of hydrogen-bond donors (Lipinski definition) is 3. The number of H-pyrrole nitrogens is 1. The first-order valence-corrected chi connectivity index (χ1v) is 7.46. The molecule has 20 heavy (non-hydrogen) atoms. The van der Waals surface area contributed by atoms with E-state index in [0.29, 0.717) is 24.4 Å². The normalized spacial score (nSPS) is 11.9. The number of nitrogens with zero attached hydrogens (tertiary/aromatic N) is 3. The molecule has 0 unspecified atom stereocenters. The summed E-state index contributed by atoms with van der Waals surface area (Å²) in [4.78, 5) is 3.82. The van der Waals surface area contributed by atoms with Gasteiger partial charge in [-0.15, -0.1) is 0 Å². The summed E-state index contributed by atoms with van der Waals surface area (Å²) in [5, 5.41) is 12.9. The molecule has 10 heteroatoms. The van der Waals surface area contributed by atoms with Gasteiger partial charge in [0.25, 0.3) is 10.0 Å². The van der Waals surface area contributed by atoms with Crippen molar-refractivity contribution in [3.8, 4) is 0 Å². The Balaban J connectivity index is 2.06. The van der Waals surface area contributed by atoms with Crippen molar-refractivity contribution in [2.75, 3.05) is 13.6 Å². The van der Waals surface area contributed by atoms with E-state index in [0.717, 1.165) is 5.69 Å². The van der Waals surface area contributed by atoms with Crippen molar-refractivity contribution in [1.82, 2.24) is 30.4 Å². The number of nitrogens with one attached hydrogen (secondary N) is 3. The Bertz CT molecular complexity index is 649. The van der Waals surface area contributed by atoms with E-state index in [-0.39, 0.29) is 11.6 Å². The highest BCUT2D eigenvalue weighted by atomic mass is 32.2. The Kier molecular flexibility index (Phi) is 4.47. The molecule has 2 aromatic heterocycles. The van der Waals surface area contributed by atoms with Crippen LogP contribution in [0.1, 0.15) is 17.1 Å². The van der Waals surface area contributed by atoms with Crippen molar-refractivity contribution in [1.29, 1.82) is 0 Å². The topological polar surface area (TPSA) is 126 Å². The summed E-state index contributed by atoms with van der Waals surface area (Å²) in [5.74, 6) is 0.376. The van der Waals surface area contributed by atoms with Gasteiger partial charge in [0.15, 0.2) is 11.4 Å². The van der Waals surface area contributed by atoms with Crippen LogP contribution in [-0.4, -0.2) is 42.3 Å². The lowest BCUT2D eigenvalue weighted by Crippen LogP contribution is -2.27. The second-order valence-electron chi connectivity index (χ2n) is 4.15. The van der Waals surface area contributed by atoms with Crippen molar-refractivity contribution in [2.24, 2.45) is 0 Å². The molecule has 0 radical (unpaired) electrons. The fraction of sp³-hybridized carbons (Fsp3) is 0.500. The zero-order chi connectivity index (χ0) is 14.6. The molecule has 0 bridgehead atoms. The van der Waals surface area contributed by atoms with Crippen LogP contribution in [0, 0.1) is 6.92 Å². The van der Waals surface area contributed by atoms with E-state index in [1.807, 2.05) is 0 Å². The second kappa shape index (κ2) is 6.11. The molecule has 0 aromatic carbocycles. The van der Waals surface area contributed by atoms with Gasteiger partial charge in [0.1, 0.15) is 0 Å². The van der Waals surface area contributed by atoms with Crippen molar-refractivity contribution in [3.05, 3.63) is 23.5 Å². The molecule has 2 heterocycles. The average molecular weight is 300 g/mol. The summed E-state index contributed by atoms with van der Waals surface area (Å²) in [6.45, 7) is 2.36. The second-order valence-corrected chi connectivity index (χ2v) is 5.83. The number of sulfonamides is 1. The van der Waals surface area contributed by atoms with Crippen LogP contribution in [0.3, 0.4) is 0 Å². The molecule has 0 spiro atoms. The zero-order valence-electron chi connectivity index (χ0n) is 11.2. The van der Waals surface area contributed by atoms with E-state index in [4.69, 9.17) is 4.52 Å². The minimum Gasteiger partial charge on any atom is -0.340 e. The summed E-state index contributed by atoms with van der Waals surface area (Å²) in [7, 11) is -1.93. The predicted molar refractivity (Wildman–Crippen MR) is 69.3 cm³/mol. The lowest BCUT2D eigenvalue weighted by molar-refractivity contribution is 0.377. The smallest absolute Gasteiger partial charge is 0.260 e. The number of aromatic nitrogens is 4. The maximum absolute atomic E-state index is 12.2. The van der Waals surface area contributed by atoms with Crippen LogP contribution < -0.4 is 10.0 Å². The quantitative estimate of drug-likeness (QED) is 0.619. The average Bonchev–Trinajstić information content (AvgIpc) is 3.01. The minimum atomic E-state index is -3.67. The summed E-state index contributed by atoms with van der Waals surface area (Å²) >= 11 is 0. The maximum atomic E-state index is 12.2. The lowest BCUT2D eigenvalue weighted by atomic mass is 10.3. The Hall–Kier alpha value is -1.78. The third-order valence-electron chi connectivity index (χ3n) is 2.68. The van der Waals surface area contributed by atoms with Gasteiger partial charge in [-0.05, 0) is 14.0 Å². The summed E-state index contributed by atoms with van der Waals surface area (Å²) in [5.41, 5.74) is 1.34. The van der Waals surface area contributed by atoms with Crippen molar-refractivity contribution < 1.29 is 12.9 Å². The van der Waals surface area contributed by atoms with Crippen LogP contribution in [0.4, 0.5) is 0 Å². The van der Waals surface area contributed by atoms with Gasteiger partial charge in [0.2, 0.25) is 5.89 Å². The minimum absolute atomic E-state index is 0.00915. The third kappa shape index (κ3) is 3.21. The molecular formula is C10H16N6O3S. The first-order valence-electron chi connectivity index (χ1n) is 5.98. The van der Waals surface area contributed by atoms with Crippen LogP contribution >= 0.6 is 0 Å². The molecule has 110 valence electrons. The zero-order valence-corrected chi connectivity index (χ0v) is 12.0. The van der Waals surface area contributed by atoms with E-state index in [1.54, 1.807) is 14.0 Å². The molecule has 0 aliphatic rings. The van der Waals surface area contributed by atoms with Gasteiger partial charge in [-0.1, -0.05) is 5.16 Å². The number of hydrogen-bond acceptors (Lipinski definition) is 7. The summed E-state index contributed by atoms with van der Waals surface area (Å²) < 4.78 is 31.6. The fourth-order valence-electron chi connectivity index (χ4n) is 1.70. The van der Waals surface area contributed by atoms with Crippen LogP contribution in [-0.2, 0) is 23.0 Å². The van der Waals surface area contributed by atoms with Gasteiger partial charge in [-0.25, -0.2) is 13.1 Å². The Morgan fingerprint density at radius 3 is 2.90 bits per heavy atom. The molecule has 0 atom stereocenters. The third-order valence-corrected chi connectivity index (χ3v) is 4.11. The Morgan fingerprint density at radius 1 is 1.45 bits per heavy atom. The van der Waals surface area contributed by atoms with Crippen molar-refractivity contribution >= 4 is 10.0 Å². The summed E-state index contributed by atoms with van der Waals surface area (Å²) in [6.07, 6.45) is 1.59. The molecule has 0 saturated heterocycles. The molecule has 9 nitrogen and oxygen atoms in total. The van der Waals surface area contributed by atoms with Gasteiger partial charge in [0, 0.05) is 30.8 Å².